The van der Waals surface area contributed by atoms with Crippen LogP contribution in [0.3, 0.4) is 0 Å². The molecule has 0 N–H and O–H groups in total. The van der Waals surface area contributed by atoms with Crippen LogP contribution in [0.1, 0.15) is 0 Å². The third-order valence-corrected chi connectivity index (χ3v) is 2.10. The molecule has 0 aromatic heterocycles. The minimum atomic E-state index is -4.67. The van der Waals surface area contributed by atoms with Crippen molar-refractivity contribution in [3.63, 3.8) is 0 Å². The number of hydrogen-bond donors (Lipinski definition) is 0. The summed E-state index contributed by atoms with van der Waals surface area (Å²) in [5, 5.41) is 0. The number of methoxy groups -OCH3 is 1. The minimum absolute atomic E-state index is 0.0566. The molecule has 0 aliphatic rings. The molecule has 0 radical (unpaired) electrons. The molecule has 0 unspecified atom stereocenters. The lowest BCUT2D eigenvalue weighted by Gasteiger charge is -2.22. The van der Waals surface area contributed by atoms with E-state index >= 15 is 0 Å². The standard InChI is InChI=1S/C9H7BrF4O2/c1-15-6-4-2-3-5-7(6)16-9(13,14)8(10,11)12/h2-5H,1H3. The highest BCUT2D eigenvalue weighted by atomic mass is 79.9. The van der Waals surface area contributed by atoms with Crippen LogP contribution in [0.5, 0.6) is 11.5 Å². The van der Waals surface area contributed by atoms with Crippen molar-refractivity contribution in [2.45, 2.75) is 10.9 Å². The van der Waals surface area contributed by atoms with E-state index in [9.17, 15) is 17.6 Å². The van der Waals surface area contributed by atoms with E-state index in [4.69, 9.17) is 0 Å². The smallest absolute Gasteiger partial charge is 0.475 e. The molecule has 90 valence electrons. The van der Waals surface area contributed by atoms with Gasteiger partial charge in [0.05, 0.1) is 7.11 Å². The Morgan fingerprint density at radius 3 is 2.00 bits per heavy atom. The van der Waals surface area contributed by atoms with E-state index in [1.54, 1.807) is 15.9 Å². The molecule has 16 heavy (non-hydrogen) atoms. The van der Waals surface area contributed by atoms with Crippen LogP contribution in [-0.4, -0.2) is 18.1 Å². The van der Waals surface area contributed by atoms with Gasteiger partial charge in [-0.05, 0) is 12.1 Å². The first kappa shape index (κ1) is 13.1. The van der Waals surface area contributed by atoms with Crippen molar-refractivity contribution in [3.05, 3.63) is 24.3 Å². The summed E-state index contributed by atoms with van der Waals surface area (Å²) < 4.78 is 59.2. The van der Waals surface area contributed by atoms with Gasteiger partial charge in [-0.2, -0.15) is 17.6 Å². The van der Waals surface area contributed by atoms with E-state index in [0.717, 1.165) is 6.07 Å². The zero-order valence-corrected chi connectivity index (χ0v) is 9.60. The van der Waals surface area contributed by atoms with Gasteiger partial charge in [0.25, 0.3) is 0 Å². The molecule has 1 aromatic carbocycles. The molecule has 1 rings (SSSR count). The highest BCUT2D eigenvalue weighted by Crippen LogP contribution is 2.42. The van der Waals surface area contributed by atoms with Gasteiger partial charge in [-0.25, -0.2) is 0 Å². The van der Waals surface area contributed by atoms with Gasteiger partial charge in [-0.15, -0.1) is 0 Å². The molecule has 0 aliphatic carbocycles. The Balaban J connectivity index is 2.96. The first-order valence-electron chi connectivity index (χ1n) is 4.04. The topological polar surface area (TPSA) is 18.5 Å². The second kappa shape index (κ2) is 4.48. The number of hydrogen-bond acceptors (Lipinski definition) is 2. The number of rotatable bonds is 4. The quantitative estimate of drug-likeness (QED) is 0.624. The van der Waals surface area contributed by atoms with E-state index in [0.29, 0.717) is 0 Å². The predicted molar refractivity (Wildman–Crippen MR) is 52.4 cm³/mol. The lowest BCUT2D eigenvalue weighted by Crippen LogP contribution is -2.40. The largest absolute Gasteiger partial charge is 0.493 e. The van der Waals surface area contributed by atoms with Crippen molar-refractivity contribution < 1.29 is 27.0 Å². The Labute approximate surface area is 97.3 Å². The maximum atomic E-state index is 12.9. The summed E-state index contributed by atoms with van der Waals surface area (Å²) in [5.41, 5.74) is 0. The van der Waals surface area contributed by atoms with Crippen LogP contribution in [-0.2, 0) is 0 Å². The lowest BCUT2D eigenvalue weighted by atomic mass is 10.3. The van der Waals surface area contributed by atoms with Crippen molar-refractivity contribution in [1.82, 2.24) is 0 Å². The summed E-state index contributed by atoms with van der Waals surface area (Å²) in [7, 11) is 1.21. The predicted octanol–water partition coefficient (Wildman–Crippen LogP) is 3.65. The van der Waals surface area contributed by atoms with Crippen LogP contribution < -0.4 is 9.47 Å². The molecule has 7 heteroatoms. The van der Waals surface area contributed by atoms with E-state index in [1.807, 2.05) is 0 Å². The molecule has 2 nitrogen and oxygen atoms in total. The van der Waals surface area contributed by atoms with Gasteiger partial charge in [0.1, 0.15) is 0 Å². The van der Waals surface area contributed by atoms with Crippen molar-refractivity contribution in [1.29, 1.82) is 0 Å². The lowest BCUT2D eigenvalue weighted by molar-refractivity contribution is -0.266. The van der Waals surface area contributed by atoms with Gasteiger partial charge in [-0.1, -0.05) is 12.1 Å². The van der Waals surface area contributed by atoms with Crippen LogP contribution in [0, 0.1) is 0 Å². The Kier molecular flexibility index (Phi) is 3.67. The molecule has 0 bridgehead atoms. The maximum absolute atomic E-state index is 12.9. The van der Waals surface area contributed by atoms with Crippen molar-refractivity contribution in [2.75, 3.05) is 7.11 Å². The SMILES string of the molecule is COc1ccccc1OC(F)(F)C(F)(F)Br. The molecule has 1 aromatic rings. The number of para-hydroxylation sites is 2. The third-order valence-electron chi connectivity index (χ3n) is 1.64. The Morgan fingerprint density at radius 2 is 1.56 bits per heavy atom. The number of ether oxygens (including phenoxy) is 2. The average molecular weight is 303 g/mol. The van der Waals surface area contributed by atoms with Gasteiger partial charge >= 0.3 is 10.9 Å². The number of benzene rings is 1. The highest BCUT2D eigenvalue weighted by Gasteiger charge is 2.58. The van der Waals surface area contributed by atoms with Crippen LogP contribution in [0.4, 0.5) is 17.6 Å². The molecule has 0 heterocycles. The average Bonchev–Trinajstić information content (AvgIpc) is 2.16. The van der Waals surface area contributed by atoms with Crippen molar-refractivity contribution >= 4 is 15.9 Å². The van der Waals surface area contributed by atoms with E-state index < -0.39 is 16.7 Å². The fourth-order valence-corrected chi connectivity index (χ4v) is 0.980. The summed E-state index contributed by atoms with van der Waals surface area (Å²) >= 11 is 1.55. The Morgan fingerprint density at radius 1 is 1.06 bits per heavy atom. The Hall–Kier alpha value is -0.980. The highest BCUT2D eigenvalue weighted by molar-refractivity contribution is 9.10. The molecule has 0 fully saturated rings. The number of alkyl halides is 5. The van der Waals surface area contributed by atoms with Gasteiger partial charge in [0, 0.05) is 15.9 Å². The van der Waals surface area contributed by atoms with Crippen molar-refractivity contribution in [2.24, 2.45) is 0 Å². The minimum Gasteiger partial charge on any atom is -0.493 e. The molecule has 0 spiro atoms. The first-order chi connectivity index (χ1) is 7.28. The summed E-state index contributed by atoms with van der Waals surface area (Å²) in [4.78, 5) is -4.46. The normalized spacial score (nSPS) is 12.4. The van der Waals surface area contributed by atoms with Gasteiger partial charge in [0.15, 0.2) is 11.5 Å². The second-order valence-corrected chi connectivity index (χ2v) is 3.76. The number of halogens is 5. The fourth-order valence-electron chi connectivity index (χ4n) is 0.899. The molecule has 0 aliphatic heterocycles. The van der Waals surface area contributed by atoms with Crippen LogP contribution in [0.15, 0.2) is 24.3 Å². The summed E-state index contributed by atoms with van der Waals surface area (Å²) in [6, 6.07) is 5.28. The van der Waals surface area contributed by atoms with Gasteiger partial charge in [0.2, 0.25) is 0 Å². The zero-order chi connectivity index (χ0) is 12.4. The van der Waals surface area contributed by atoms with Crippen molar-refractivity contribution in [3.8, 4) is 11.5 Å². The summed E-state index contributed by atoms with van der Waals surface area (Å²) in [6.45, 7) is 0. The molecular formula is C9H7BrF4O2. The molecule has 0 saturated heterocycles. The molecule has 0 amide bonds. The van der Waals surface area contributed by atoms with Crippen LogP contribution >= 0.6 is 15.9 Å². The van der Waals surface area contributed by atoms with Crippen LogP contribution in [0.2, 0.25) is 0 Å². The molecular weight excluding hydrogens is 296 g/mol. The van der Waals surface area contributed by atoms with Gasteiger partial charge in [-0.3, -0.25) is 0 Å². The molecule has 0 saturated carbocycles. The monoisotopic (exact) mass is 302 g/mol. The second-order valence-electron chi connectivity index (χ2n) is 2.77. The maximum Gasteiger partial charge on any atom is 0.475 e. The zero-order valence-electron chi connectivity index (χ0n) is 8.02. The van der Waals surface area contributed by atoms with Crippen LogP contribution in [0.25, 0.3) is 0 Å². The summed E-state index contributed by atoms with van der Waals surface area (Å²) in [5.74, 6) is -0.520. The van der Waals surface area contributed by atoms with E-state index in [-0.39, 0.29) is 5.75 Å². The molecule has 0 atom stereocenters. The summed E-state index contributed by atoms with van der Waals surface area (Å²) in [6.07, 6.45) is -4.67. The third kappa shape index (κ3) is 2.78. The first-order valence-corrected chi connectivity index (χ1v) is 4.84. The Bertz CT molecular complexity index is 365. The van der Waals surface area contributed by atoms with E-state index in [1.165, 1.54) is 25.3 Å². The van der Waals surface area contributed by atoms with Gasteiger partial charge < -0.3 is 9.47 Å². The fraction of sp³-hybridized carbons (Fsp3) is 0.333. The van der Waals surface area contributed by atoms with E-state index in [2.05, 4.69) is 9.47 Å².